The highest BCUT2D eigenvalue weighted by molar-refractivity contribution is 5.59. The maximum absolute atomic E-state index is 5.46. The van der Waals surface area contributed by atoms with E-state index in [1.165, 1.54) is 0 Å². The molecule has 2 heterocycles. The Kier molecular flexibility index (Phi) is 2.02. The van der Waals surface area contributed by atoms with E-state index >= 15 is 0 Å². The van der Waals surface area contributed by atoms with Crippen LogP contribution < -0.4 is 11.1 Å². The summed E-state index contributed by atoms with van der Waals surface area (Å²) in [4.78, 5) is 7.87. The minimum absolute atomic E-state index is 0.253. The van der Waals surface area contributed by atoms with Crippen LogP contribution in [0, 0.1) is 0 Å². The van der Waals surface area contributed by atoms with Gasteiger partial charge in [-0.25, -0.2) is 9.97 Å². The Hall–Kier alpha value is -2.11. The van der Waals surface area contributed by atoms with Gasteiger partial charge in [0.25, 0.3) is 0 Å². The van der Waals surface area contributed by atoms with Crippen molar-refractivity contribution >= 4 is 11.8 Å². The number of rotatable bonds is 2. The molecule has 0 atom stereocenters. The van der Waals surface area contributed by atoms with Crippen LogP contribution in [0.2, 0.25) is 0 Å². The smallest absolute Gasteiger partial charge is 0.220 e. The van der Waals surface area contributed by atoms with Gasteiger partial charge in [-0.2, -0.15) is 5.10 Å². The first kappa shape index (κ1) is 8.49. The summed E-state index contributed by atoms with van der Waals surface area (Å²) in [6.07, 6.45) is 1.61. The number of nitrogens with zero attached hydrogens (tertiary/aromatic N) is 3. The first-order valence-corrected chi connectivity index (χ1v) is 4.11. The molecule has 0 unspecified atom stereocenters. The minimum atomic E-state index is 0.253. The van der Waals surface area contributed by atoms with Gasteiger partial charge in [-0.3, -0.25) is 5.10 Å². The SMILES string of the molecule is CNc1cc(-c2ccnc(N)n2)[nH]n1. The second-order valence-corrected chi connectivity index (χ2v) is 2.72. The van der Waals surface area contributed by atoms with Gasteiger partial charge < -0.3 is 11.1 Å². The topological polar surface area (TPSA) is 92.5 Å². The first-order chi connectivity index (χ1) is 6.79. The first-order valence-electron chi connectivity index (χ1n) is 4.11. The Morgan fingerprint density at radius 1 is 1.50 bits per heavy atom. The summed E-state index contributed by atoms with van der Waals surface area (Å²) in [7, 11) is 1.80. The molecular formula is C8H10N6. The third-order valence-corrected chi connectivity index (χ3v) is 1.78. The third kappa shape index (κ3) is 1.49. The highest BCUT2D eigenvalue weighted by Gasteiger charge is 2.03. The van der Waals surface area contributed by atoms with Crippen LogP contribution in [0.1, 0.15) is 0 Å². The van der Waals surface area contributed by atoms with Crippen molar-refractivity contribution in [3.63, 3.8) is 0 Å². The standard InChI is InChI=1S/C8H10N6/c1-10-7-4-6(13-14-7)5-2-3-11-8(9)12-5/h2-4H,1H3,(H2,9,11,12)(H2,10,13,14). The van der Waals surface area contributed by atoms with Gasteiger partial charge in [0.05, 0.1) is 11.4 Å². The van der Waals surface area contributed by atoms with Crippen molar-refractivity contribution in [2.75, 3.05) is 18.1 Å². The Balaban J connectivity index is 2.39. The number of nitrogens with one attached hydrogen (secondary N) is 2. The summed E-state index contributed by atoms with van der Waals surface area (Å²) in [5.74, 6) is 1.01. The van der Waals surface area contributed by atoms with Crippen LogP contribution in [0.25, 0.3) is 11.4 Å². The predicted octanol–water partition coefficient (Wildman–Crippen LogP) is 0.491. The van der Waals surface area contributed by atoms with Gasteiger partial charge in [0.2, 0.25) is 5.95 Å². The van der Waals surface area contributed by atoms with Crippen molar-refractivity contribution in [2.45, 2.75) is 0 Å². The molecule has 0 saturated carbocycles. The number of hydrogen-bond acceptors (Lipinski definition) is 5. The summed E-state index contributed by atoms with van der Waals surface area (Å²) >= 11 is 0. The molecule has 0 radical (unpaired) electrons. The number of hydrogen-bond donors (Lipinski definition) is 3. The number of aromatic amines is 1. The molecule has 0 bridgehead atoms. The van der Waals surface area contributed by atoms with Crippen molar-refractivity contribution in [1.82, 2.24) is 20.2 Å². The van der Waals surface area contributed by atoms with Gasteiger partial charge in [-0.1, -0.05) is 0 Å². The lowest BCUT2D eigenvalue weighted by Crippen LogP contribution is -1.95. The zero-order chi connectivity index (χ0) is 9.97. The molecule has 6 heteroatoms. The van der Waals surface area contributed by atoms with Crippen LogP contribution in [0.5, 0.6) is 0 Å². The van der Waals surface area contributed by atoms with Gasteiger partial charge >= 0.3 is 0 Å². The lowest BCUT2D eigenvalue weighted by molar-refractivity contribution is 1.08. The average Bonchev–Trinajstić information content (AvgIpc) is 2.66. The van der Waals surface area contributed by atoms with Crippen molar-refractivity contribution in [3.05, 3.63) is 18.3 Å². The average molecular weight is 190 g/mol. The highest BCUT2D eigenvalue weighted by atomic mass is 15.2. The zero-order valence-electron chi connectivity index (χ0n) is 7.65. The van der Waals surface area contributed by atoms with Gasteiger partial charge in [0.1, 0.15) is 5.82 Å². The number of anilines is 2. The van der Waals surface area contributed by atoms with Crippen LogP contribution in [0.15, 0.2) is 18.3 Å². The molecular weight excluding hydrogens is 180 g/mol. The van der Waals surface area contributed by atoms with Gasteiger partial charge in [0.15, 0.2) is 0 Å². The number of H-pyrrole nitrogens is 1. The molecule has 0 spiro atoms. The van der Waals surface area contributed by atoms with E-state index in [4.69, 9.17) is 5.73 Å². The summed E-state index contributed by atoms with van der Waals surface area (Å²) in [6.45, 7) is 0. The normalized spacial score (nSPS) is 10.1. The zero-order valence-corrected chi connectivity index (χ0v) is 7.65. The monoisotopic (exact) mass is 190 g/mol. The second-order valence-electron chi connectivity index (χ2n) is 2.72. The van der Waals surface area contributed by atoms with Crippen molar-refractivity contribution in [1.29, 1.82) is 0 Å². The molecule has 2 rings (SSSR count). The summed E-state index contributed by atoms with van der Waals surface area (Å²) in [6, 6.07) is 3.62. The third-order valence-electron chi connectivity index (χ3n) is 1.78. The van der Waals surface area contributed by atoms with Crippen LogP contribution in [0.3, 0.4) is 0 Å². The molecule has 4 N–H and O–H groups in total. The maximum Gasteiger partial charge on any atom is 0.220 e. The van der Waals surface area contributed by atoms with E-state index < -0.39 is 0 Å². The van der Waals surface area contributed by atoms with Crippen LogP contribution >= 0.6 is 0 Å². The van der Waals surface area contributed by atoms with E-state index in [-0.39, 0.29) is 5.95 Å². The molecule has 2 aromatic rings. The summed E-state index contributed by atoms with van der Waals surface area (Å²) < 4.78 is 0. The molecule has 0 aromatic carbocycles. The summed E-state index contributed by atoms with van der Waals surface area (Å²) in [5, 5.41) is 9.76. The van der Waals surface area contributed by atoms with E-state index in [9.17, 15) is 0 Å². The Morgan fingerprint density at radius 2 is 2.36 bits per heavy atom. The molecule has 0 saturated heterocycles. The largest absolute Gasteiger partial charge is 0.372 e. The molecule has 0 fully saturated rings. The number of aromatic nitrogens is 4. The Morgan fingerprint density at radius 3 is 3.00 bits per heavy atom. The molecule has 72 valence electrons. The lowest BCUT2D eigenvalue weighted by atomic mass is 10.3. The molecule has 0 aliphatic carbocycles. The van der Waals surface area contributed by atoms with E-state index in [1.807, 2.05) is 6.07 Å². The minimum Gasteiger partial charge on any atom is -0.372 e. The molecule has 0 aliphatic heterocycles. The van der Waals surface area contributed by atoms with E-state index in [2.05, 4.69) is 25.5 Å². The predicted molar refractivity (Wildman–Crippen MR) is 53.6 cm³/mol. The lowest BCUT2D eigenvalue weighted by Gasteiger charge is -1.95. The fourth-order valence-corrected chi connectivity index (χ4v) is 1.10. The summed E-state index contributed by atoms with van der Waals surface area (Å²) in [5.41, 5.74) is 7.00. The Bertz CT molecular complexity index is 435. The van der Waals surface area contributed by atoms with E-state index in [0.29, 0.717) is 0 Å². The fourth-order valence-electron chi connectivity index (χ4n) is 1.10. The Labute approximate surface area is 80.6 Å². The maximum atomic E-state index is 5.46. The number of nitrogens with two attached hydrogens (primary N) is 1. The second kappa shape index (κ2) is 3.33. The fraction of sp³-hybridized carbons (Fsp3) is 0.125. The quantitative estimate of drug-likeness (QED) is 0.641. The van der Waals surface area contributed by atoms with Crippen LogP contribution in [0.4, 0.5) is 11.8 Å². The number of nitrogen functional groups attached to an aromatic ring is 1. The molecule has 6 nitrogen and oxygen atoms in total. The van der Waals surface area contributed by atoms with E-state index in [0.717, 1.165) is 17.2 Å². The molecule has 14 heavy (non-hydrogen) atoms. The van der Waals surface area contributed by atoms with E-state index in [1.54, 1.807) is 19.3 Å². The van der Waals surface area contributed by atoms with Gasteiger partial charge in [0, 0.05) is 19.3 Å². The molecule has 0 aliphatic rings. The van der Waals surface area contributed by atoms with Crippen LogP contribution in [-0.4, -0.2) is 27.2 Å². The van der Waals surface area contributed by atoms with Crippen molar-refractivity contribution < 1.29 is 0 Å². The highest BCUT2D eigenvalue weighted by Crippen LogP contribution is 2.16. The molecule has 2 aromatic heterocycles. The van der Waals surface area contributed by atoms with Gasteiger partial charge in [-0.15, -0.1) is 0 Å². The van der Waals surface area contributed by atoms with Gasteiger partial charge in [-0.05, 0) is 6.07 Å². The molecule has 0 amide bonds. The van der Waals surface area contributed by atoms with Crippen molar-refractivity contribution in [2.24, 2.45) is 0 Å². The van der Waals surface area contributed by atoms with Crippen LogP contribution in [-0.2, 0) is 0 Å². The van der Waals surface area contributed by atoms with Crippen molar-refractivity contribution in [3.8, 4) is 11.4 Å².